The molecule has 0 spiro atoms. The van der Waals surface area contributed by atoms with Gasteiger partial charge in [0.25, 0.3) is 5.91 Å². The first-order chi connectivity index (χ1) is 12.6. The van der Waals surface area contributed by atoms with Crippen molar-refractivity contribution in [2.24, 2.45) is 0 Å². The molecular weight excluding hydrogens is 354 g/mol. The third-order valence-electron chi connectivity index (χ3n) is 5.31. The number of hydrogen-bond donors (Lipinski definition) is 1. The molecule has 27 heavy (non-hydrogen) atoms. The molecule has 1 aliphatic heterocycles. The molecule has 146 valence electrons. The zero-order valence-corrected chi connectivity index (χ0v) is 18.2. The van der Waals surface area contributed by atoms with Crippen LogP contribution in [-0.2, 0) is 18.4 Å². The molecule has 2 heterocycles. The number of thiazole rings is 1. The third-order valence-corrected chi connectivity index (χ3v) is 6.89. The summed E-state index contributed by atoms with van der Waals surface area (Å²) in [6.07, 6.45) is 1.07. The summed E-state index contributed by atoms with van der Waals surface area (Å²) in [6.45, 7) is 15.3. The Balaban J connectivity index is 1.65. The van der Waals surface area contributed by atoms with Crippen LogP contribution in [0.1, 0.15) is 66.1 Å². The van der Waals surface area contributed by atoms with E-state index in [1.165, 1.54) is 22.5 Å². The van der Waals surface area contributed by atoms with E-state index >= 15 is 0 Å². The van der Waals surface area contributed by atoms with Gasteiger partial charge in [-0.05, 0) is 38.3 Å². The fourth-order valence-corrected chi connectivity index (χ4v) is 4.47. The van der Waals surface area contributed by atoms with Crippen LogP contribution in [0.4, 0.5) is 0 Å². The van der Waals surface area contributed by atoms with E-state index in [1.807, 2.05) is 6.92 Å². The third kappa shape index (κ3) is 4.41. The molecule has 0 fully saturated rings. The molecule has 1 amide bonds. The normalized spacial score (nSPS) is 15.5. The van der Waals surface area contributed by atoms with Crippen LogP contribution in [0.5, 0.6) is 0 Å². The van der Waals surface area contributed by atoms with E-state index in [-0.39, 0.29) is 16.9 Å². The molecule has 2 aromatic rings. The average Bonchev–Trinajstić information content (AvgIpc) is 3.01. The van der Waals surface area contributed by atoms with Gasteiger partial charge in [-0.25, -0.2) is 4.98 Å². The highest BCUT2D eigenvalue weighted by molar-refractivity contribution is 7.14. The van der Waals surface area contributed by atoms with E-state index in [2.05, 4.69) is 74.1 Å². The van der Waals surface area contributed by atoms with Gasteiger partial charge < -0.3 is 5.32 Å². The van der Waals surface area contributed by atoms with Crippen LogP contribution in [0.3, 0.4) is 0 Å². The summed E-state index contributed by atoms with van der Waals surface area (Å²) in [5, 5.41) is 4.17. The van der Waals surface area contributed by atoms with E-state index in [1.54, 1.807) is 0 Å². The molecule has 0 radical (unpaired) electrons. The van der Waals surface area contributed by atoms with Gasteiger partial charge in [0.2, 0.25) is 0 Å². The lowest BCUT2D eigenvalue weighted by molar-refractivity contribution is 0.0828. The van der Waals surface area contributed by atoms with Crippen molar-refractivity contribution in [3.8, 4) is 0 Å². The highest BCUT2D eigenvalue weighted by Crippen LogP contribution is 2.29. The maximum Gasteiger partial charge on any atom is 0.263 e. The van der Waals surface area contributed by atoms with Gasteiger partial charge in [0.05, 0.1) is 10.7 Å². The smallest absolute Gasteiger partial charge is 0.263 e. The van der Waals surface area contributed by atoms with Gasteiger partial charge in [0.15, 0.2) is 0 Å². The van der Waals surface area contributed by atoms with E-state index in [4.69, 9.17) is 0 Å². The van der Waals surface area contributed by atoms with Crippen molar-refractivity contribution in [1.29, 1.82) is 0 Å². The molecule has 0 atom stereocenters. The van der Waals surface area contributed by atoms with Crippen LogP contribution in [0, 0.1) is 6.92 Å². The summed E-state index contributed by atoms with van der Waals surface area (Å²) in [4.78, 5) is 20.6. The van der Waals surface area contributed by atoms with E-state index in [0.717, 1.165) is 35.1 Å². The second-order valence-electron chi connectivity index (χ2n) is 9.12. The number of hydrogen-bond acceptors (Lipinski definition) is 4. The van der Waals surface area contributed by atoms with Gasteiger partial charge in [-0.1, -0.05) is 45.0 Å². The second kappa shape index (κ2) is 7.36. The van der Waals surface area contributed by atoms with Crippen molar-refractivity contribution in [3.05, 3.63) is 51.0 Å². The molecule has 4 nitrogen and oxygen atoms in total. The van der Waals surface area contributed by atoms with Gasteiger partial charge >= 0.3 is 0 Å². The zero-order valence-electron chi connectivity index (χ0n) is 17.3. The number of rotatable bonds is 4. The van der Waals surface area contributed by atoms with E-state index in [0.29, 0.717) is 6.54 Å². The predicted molar refractivity (Wildman–Crippen MR) is 113 cm³/mol. The number of nitrogens with zero attached hydrogens (tertiary/aromatic N) is 2. The molecule has 1 aromatic heterocycles. The van der Waals surface area contributed by atoms with Crippen molar-refractivity contribution in [3.63, 3.8) is 0 Å². The quantitative estimate of drug-likeness (QED) is 0.853. The molecule has 1 N–H and O–H groups in total. The number of nitrogens with one attached hydrogen (secondary N) is 1. The lowest BCUT2D eigenvalue weighted by atomic mass is 9.94. The monoisotopic (exact) mass is 385 g/mol. The highest BCUT2D eigenvalue weighted by Gasteiger charge is 2.31. The van der Waals surface area contributed by atoms with Crippen LogP contribution in [-0.4, -0.2) is 34.4 Å². The van der Waals surface area contributed by atoms with Crippen molar-refractivity contribution >= 4 is 17.2 Å². The van der Waals surface area contributed by atoms with Gasteiger partial charge in [0, 0.05) is 30.6 Å². The molecule has 1 aliphatic rings. The Kier molecular flexibility index (Phi) is 5.46. The summed E-state index contributed by atoms with van der Waals surface area (Å²) in [5.74, 6) is -0.00835. The highest BCUT2D eigenvalue weighted by atomic mass is 32.1. The molecule has 3 rings (SSSR count). The number of fused-ring (bicyclic) bond motifs is 1. The number of aromatic nitrogens is 1. The second-order valence-corrected chi connectivity index (χ2v) is 10.1. The maximum absolute atomic E-state index is 12.8. The summed E-state index contributed by atoms with van der Waals surface area (Å²) >= 11 is 1.51. The molecular formula is C22H31N3OS. The minimum absolute atomic E-state index is 0.00835. The summed E-state index contributed by atoms with van der Waals surface area (Å²) in [7, 11) is 0. The van der Waals surface area contributed by atoms with E-state index < -0.39 is 0 Å². The van der Waals surface area contributed by atoms with Crippen LogP contribution < -0.4 is 5.32 Å². The fraction of sp³-hybridized carbons (Fsp3) is 0.545. The summed E-state index contributed by atoms with van der Waals surface area (Å²) < 4.78 is 0. The molecule has 0 saturated carbocycles. The van der Waals surface area contributed by atoms with Crippen molar-refractivity contribution in [2.75, 3.05) is 13.1 Å². The van der Waals surface area contributed by atoms with Crippen LogP contribution >= 0.6 is 11.3 Å². The minimum atomic E-state index is -0.103. The molecule has 1 aromatic carbocycles. The number of amides is 1. The largest absolute Gasteiger partial charge is 0.349 e. The molecule has 5 heteroatoms. The summed E-state index contributed by atoms with van der Waals surface area (Å²) in [5.41, 5.74) is 3.54. The molecule has 0 unspecified atom stereocenters. The Morgan fingerprint density at radius 1 is 1.19 bits per heavy atom. The number of carbonyl (C=O) groups is 1. The Morgan fingerprint density at radius 2 is 1.85 bits per heavy atom. The Labute approximate surface area is 167 Å². The molecule has 0 aliphatic carbocycles. The van der Waals surface area contributed by atoms with Gasteiger partial charge in [-0.2, -0.15) is 0 Å². The van der Waals surface area contributed by atoms with Crippen molar-refractivity contribution in [1.82, 2.24) is 15.2 Å². The first-order valence-corrected chi connectivity index (χ1v) is 10.5. The zero-order chi connectivity index (χ0) is 19.8. The Bertz CT molecular complexity index is 832. The summed E-state index contributed by atoms with van der Waals surface area (Å²) in [6, 6.07) is 8.66. The first-order valence-electron chi connectivity index (χ1n) is 9.66. The Morgan fingerprint density at radius 3 is 2.48 bits per heavy atom. The maximum atomic E-state index is 12.8. The number of aryl methyl sites for hydroxylation is 1. The SMILES string of the molecule is Cc1nc(C(C)(C)C)sc1C(=O)NCC(C)(C)N1CCc2ccccc2C1. The lowest BCUT2D eigenvalue weighted by Crippen LogP contribution is -2.53. The van der Waals surface area contributed by atoms with Gasteiger partial charge in [-0.15, -0.1) is 11.3 Å². The van der Waals surface area contributed by atoms with Gasteiger partial charge in [0.1, 0.15) is 4.88 Å². The first kappa shape index (κ1) is 20.0. The van der Waals surface area contributed by atoms with E-state index in [9.17, 15) is 4.79 Å². The van der Waals surface area contributed by atoms with Gasteiger partial charge in [-0.3, -0.25) is 9.69 Å². The molecule has 0 saturated heterocycles. The average molecular weight is 386 g/mol. The number of benzene rings is 1. The topological polar surface area (TPSA) is 45.2 Å². The molecule has 0 bridgehead atoms. The van der Waals surface area contributed by atoms with Crippen molar-refractivity contribution in [2.45, 2.75) is 65.5 Å². The van der Waals surface area contributed by atoms with Crippen LogP contribution in [0.2, 0.25) is 0 Å². The fourth-order valence-electron chi connectivity index (χ4n) is 3.43. The number of carbonyl (C=O) groups excluding carboxylic acids is 1. The standard InChI is InChI=1S/C22H31N3OS/c1-15-18(27-20(24-15)21(2,3)4)19(26)23-14-22(5,6)25-12-11-16-9-7-8-10-17(16)13-25/h7-10H,11-14H2,1-6H3,(H,23,26). The Hall–Kier alpha value is -1.72. The van der Waals surface area contributed by atoms with Crippen molar-refractivity contribution < 1.29 is 4.79 Å². The lowest BCUT2D eigenvalue weighted by Gasteiger charge is -2.41. The predicted octanol–water partition coefficient (Wildman–Crippen LogP) is 4.32. The van der Waals surface area contributed by atoms with Crippen LogP contribution in [0.15, 0.2) is 24.3 Å². The minimum Gasteiger partial charge on any atom is -0.349 e. The van der Waals surface area contributed by atoms with Crippen LogP contribution in [0.25, 0.3) is 0 Å².